The molecule has 1 aromatic heterocycles. The van der Waals surface area contributed by atoms with Gasteiger partial charge in [0.1, 0.15) is 5.76 Å². The number of aryl methyl sites for hydroxylation is 1. The average Bonchev–Trinajstić information content (AvgIpc) is 2.82. The first-order valence-electron chi connectivity index (χ1n) is 6.04. The first kappa shape index (κ1) is 11.9. The van der Waals surface area contributed by atoms with Gasteiger partial charge in [0.05, 0.1) is 6.26 Å². The molecule has 90 valence electrons. The number of nitrogens with zero attached hydrogens (tertiary/aromatic N) is 1. The summed E-state index contributed by atoms with van der Waals surface area (Å²) in [5, 5.41) is 0. The molecule has 2 rings (SSSR count). The fourth-order valence-corrected chi connectivity index (χ4v) is 2.00. The third kappa shape index (κ3) is 3.21. The zero-order valence-corrected chi connectivity index (χ0v) is 10.5. The minimum absolute atomic E-state index is 0.963. The van der Waals surface area contributed by atoms with Gasteiger partial charge in [0.2, 0.25) is 0 Å². The van der Waals surface area contributed by atoms with E-state index in [0.29, 0.717) is 0 Å². The second-order valence-electron chi connectivity index (χ2n) is 4.54. The second kappa shape index (κ2) is 5.69. The summed E-state index contributed by atoms with van der Waals surface area (Å²) < 4.78 is 5.48. The van der Waals surface area contributed by atoms with Crippen LogP contribution in [0.25, 0.3) is 11.3 Å². The highest BCUT2D eigenvalue weighted by Gasteiger charge is 2.06. The number of hydrogen-bond donors (Lipinski definition) is 0. The Morgan fingerprint density at radius 2 is 1.88 bits per heavy atom. The minimum Gasteiger partial charge on any atom is -0.464 e. The van der Waals surface area contributed by atoms with Crippen LogP contribution in [0.5, 0.6) is 0 Å². The summed E-state index contributed by atoms with van der Waals surface area (Å²) in [6.07, 6.45) is 3.99. The molecule has 2 nitrogen and oxygen atoms in total. The zero-order chi connectivity index (χ0) is 12.1. The quantitative estimate of drug-likeness (QED) is 0.781. The molecule has 0 fully saturated rings. The van der Waals surface area contributed by atoms with Crippen LogP contribution in [0.2, 0.25) is 0 Å². The molecule has 0 atom stereocenters. The molecule has 0 amide bonds. The second-order valence-corrected chi connectivity index (χ2v) is 4.54. The lowest BCUT2D eigenvalue weighted by atomic mass is 10.0. The molecule has 0 aliphatic heterocycles. The molecule has 0 unspecified atom stereocenters. The summed E-state index contributed by atoms with van der Waals surface area (Å²) in [5.74, 6) is 0.963. The Labute approximate surface area is 103 Å². The zero-order valence-electron chi connectivity index (χ0n) is 10.5. The van der Waals surface area contributed by atoms with Crippen LogP contribution in [0.15, 0.2) is 47.1 Å². The van der Waals surface area contributed by atoms with Crippen molar-refractivity contribution in [2.75, 3.05) is 20.6 Å². The van der Waals surface area contributed by atoms with Gasteiger partial charge in [-0.1, -0.05) is 24.3 Å². The van der Waals surface area contributed by atoms with Crippen molar-refractivity contribution in [2.45, 2.75) is 12.8 Å². The van der Waals surface area contributed by atoms with Crippen LogP contribution in [0, 0.1) is 0 Å². The molecular formula is C15H19NO. The van der Waals surface area contributed by atoms with Crippen molar-refractivity contribution in [2.24, 2.45) is 0 Å². The number of rotatable bonds is 5. The SMILES string of the molecule is CN(C)CCCc1ccccc1-c1ccco1. The predicted molar refractivity (Wildman–Crippen MR) is 71.0 cm³/mol. The van der Waals surface area contributed by atoms with Gasteiger partial charge in [-0.3, -0.25) is 0 Å². The molecule has 0 saturated heterocycles. The van der Waals surface area contributed by atoms with Crippen molar-refractivity contribution in [3.63, 3.8) is 0 Å². The van der Waals surface area contributed by atoms with E-state index < -0.39 is 0 Å². The van der Waals surface area contributed by atoms with Crippen molar-refractivity contribution in [3.8, 4) is 11.3 Å². The number of furan rings is 1. The Hall–Kier alpha value is -1.54. The molecule has 0 radical (unpaired) electrons. The van der Waals surface area contributed by atoms with Gasteiger partial charge in [-0.25, -0.2) is 0 Å². The van der Waals surface area contributed by atoms with E-state index in [1.807, 2.05) is 12.1 Å². The van der Waals surface area contributed by atoms with Gasteiger partial charge in [-0.05, 0) is 51.2 Å². The Morgan fingerprint density at radius 1 is 1.06 bits per heavy atom. The van der Waals surface area contributed by atoms with E-state index in [9.17, 15) is 0 Å². The molecule has 0 bridgehead atoms. The van der Waals surface area contributed by atoms with Crippen LogP contribution in [0.4, 0.5) is 0 Å². The van der Waals surface area contributed by atoms with Gasteiger partial charge in [-0.2, -0.15) is 0 Å². The van der Waals surface area contributed by atoms with Crippen LogP contribution in [0.1, 0.15) is 12.0 Å². The first-order chi connectivity index (χ1) is 8.27. The molecule has 1 heterocycles. The van der Waals surface area contributed by atoms with Crippen molar-refractivity contribution in [1.29, 1.82) is 0 Å². The predicted octanol–water partition coefficient (Wildman–Crippen LogP) is 3.44. The maximum absolute atomic E-state index is 5.48. The van der Waals surface area contributed by atoms with E-state index in [1.165, 1.54) is 17.5 Å². The third-order valence-electron chi connectivity index (χ3n) is 2.86. The van der Waals surface area contributed by atoms with Crippen LogP contribution < -0.4 is 0 Å². The van der Waals surface area contributed by atoms with Gasteiger partial charge in [0.25, 0.3) is 0 Å². The minimum atomic E-state index is 0.963. The average molecular weight is 229 g/mol. The summed E-state index contributed by atoms with van der Waals surface area (Å²) in [7, 11) is 4.22. The van der Waals surface area contributed by atoms with Gasteiger partial charge in [-0.15, -0.1) is 0 Å². The summed E-state index contributed by atoms with van der Waals surface area (Å²) in [6.45, 7) is 1.12. The molecule has 1 aromatic carbocycles. The van der Waals surface area contributed by atoms with Gasteiger partial charge in [0.15, 0.2) is 0 Å². The van der Waals surface area contributed by atoms with E-state index in [1.54, 1.807) is 6.26 Å². The van der Waals surface area contributed by atoms with E-state index in [0.717, 1.165) is 18.7 Å². The summed E-state index contributed by atoms with van der Waals surface area (Å²) >= 11 is 0. The molecule has 0 saturated carbocycles. The van der Waals surface area contributed by atoms with Crippen molar-refractivity contribution in [1.82, 2.24) is 4.90 Å². The summed E-state index contributed by atoms with van der Waals surface area (Å²) in [6, 6.07) is 12.4. The highest BCUT2D eigenvalue weighted by molar-refractivity contribution is 5.61. The maximum atomic E-state index is 5.48. The fourth-order valence-electron chi connectivity index (χ4n) is 2.00. The van der Waals surface area contributed by atoms with Crippen molar-refractivity contribution < 1.29 is 4.42 Å². The van der Waals surface area contributed by atoms with Gasteiger partial charge >= 0.3 is 0 Å². The van der Waals surface area contributed by atoms with E-state index in [2.05, 4.69) is 43.3 Å². The fraction of sp³-hybridized carbons (Fsp3) is 0.333. The van der Waals surface area contributed by atoms with Crippen LogP contribution in [-0.2, 0) is 6.42 Å². The number of hydrogen-bond acceptors (Lipinski definition) is 2. The lowest BCUT2D eigenvalue weighted by molar-refractivity contribution is 0.400. The van der Waals surface area contributed by atoms with E-state index in [4.69, 9.17) is 4.42 Å². The topological polar surface area (TPSA) is 16.4 Å². The van der Waals surface area contributed by atoms with Crippen LogP contribution >= 0.6 is 0 Å². The third-order valence-corrected chi connectivity index (χ3v) is 2.86. The van der Waals surface area contributed by atoms with E-state index >= 15 is 0 Å². The highest BCUT2D eigenvalue weighted by Crippen LogP contribution is 2.24. The maximum Gasteiger partial charge on any atom is 0.134 e. The monoisotopic (exact) mass is 229 g/mol. The Bertz CT molecular complexity index is 446. The normalized spacial score (nSPS) is 11.0. The van der Waals surface area contributed by atoms with E-state index in [-0.39, 0.29) is 0 Å². The Morgan fingerprint density at radius 3 is 2.59 bits per heavy atom. The molecule has 2 aromatic rings. The molecule has 0 aliphatic carbocycles. The first-order valence-corrected chi connectivity index (χ1v) is 6.04. The Balaban J connectivity index is 2.11. The van der Waals surface area contributed by atoms with Gasteiger partial charge in [0, 0.05) is 5.56 Å². The molecule has 17 heavy (non-hydrogen) atoms. The van der Waals surface area contributed by atoms with Crippen molar-refractivity contribution >= 4 is 0 Å². The van der Waals surface area contributed by atoms with Crippen molar-refractivity contribution in [3.05, 3.63) is 48.2 Å². The standard InChI is InChI=1S/C15H19NO/c1-16(2)11-5-8-13-7-3-4-9-14(13)15-10-6-12-17-15/h3-4,6-7,9-10,12H,5,8,11H2,1-2H3. The smallest absolute Gasteiger partial charge is 0.134 e. The molecule has 0 aliphatic rings. The Kier molecular flexibility index (Phi) is 3.99. The number of benzene rings is 1. The molecule has 0 spiro atoms. The van der Waals surface area contributed by atoms with Gasteiger partial charge < -0.3 is 9.32 Å². The summed E-state index contributed by atoms with van der Waals surface area (Å²) in [5.41, 5.74) is 2.58. The van der Waals surface area contributed by atoms with Crippen LogP contribution in [-0.4, -0.2) is 25.5 Å². The molecule has 2 heteroatoms. The highest BCUT2D eigenvalue weighted by atomic mass is 16.3. The lowest BCUT2D eigenvalue weighted by Crippen LogP contribution is -2.13. The largest absolute Gasteiger partial charge is 0.464 e. The molecular weight excluding hydrogens is 210 g/mol. The summed E-state index contributed by atoms with van der Waals surface area (Å²) in [4.78, 5) is 2.22. The molecule has 0 N–H and O–H groups in total. The lowest BCUT2D eigenvalue weighted by Gasteiger charge is -2.11. The van der Waals surface area contributed by atoms with Crippen LogP contribution in [0.3, 0.4) is 0 Å².